The van der Waals surface area contributed by atoms with E-state index in [1.54, 1.807) is 11.3 Å². The fourth-order valence-electron chi connectivity index (χ4n) is 2.88. The largest absolute Gasteiger partial charge is 0.396 e. The Morgan fingerprint density at radius 1 is 1.33 bits per heavy atom. The number of hydrogen-bond donors (Lipinski definition) is 2. The van der Waals surface area contributed by atoms with Gasteiger partial charge in [0.15, 0.2) is 0 Å². The maximum Gasteiger partial charge on any atom is 0.0505 e. The van der Waals surface area contributed by atoms with Crippen LogP contribution in [-0.2, 0) is 6.42 Å². The van der Waals surface area contributed by atoms with Crippen LogP contribution in [-0.4, -0.2) is 18.3 Å². The molecular formula is C15H19NOS. The molecule has 0 aliphatic heterocycles. The molecule has 18 heavy (non-hydrogen) atoms. The van der Waals surface area contributed by atoms with Gasteiger partial charge in [-0.3, -0.25) is 0 Å². The van der Waals surface area contributed by atoms with Gasteiger partial charge in [-0.2, -0.15) is 0 Å². The van der Waals surface area contributed by atoms with Gasteiger partial charge in [0.25, 0.3) is 0 Å². The second kappa shape index (κ2) is 4.65. The fraction of sp³-hybridized carbons (Fsp3) is 0.467. The number of thiophene rings is 1. The van der Waals surface area contributed by atoms with Crippen LogP contribution < -0.4 is 5.73 Å². The quantitative estimate of drug-likeness (QED) is 0.869. The zero-order valence-electron chi connectivity index (χ0n) is 10.4. The van der Waals surface area contributed by atoms with Crippen LogP contribution in [0.2, 0.25) is 0 Å². The van der Waals surface area contributed by atoms with Crippen molar-refractivity contribution in [3.05, 3.63) is 35.2 Å². The summed E-state index contributed by atoms with van der Waals surface area (Å²) in [5, 5.41) is 13.3. The number of rotatable bonds is 5. The minimum absolute atomic E-state index is 0.0934. The van der Waals surface area contributed by atoms with Crippen molar-refractivity contribution in [1.29, 1.82) is 0 Å². The number of hydrogen-bond acceptors (Lipinski definition) is 3. The first-order valence-corrected chi connectivity index (χ1v) is 7.43. The zero-order chi connectivity index (χ0) is 12.6. The van der Waals surface area contributed by atoms with Gasteiger partial charge >= 0.3 is 0 Å². The minimum Gasteiger partial charge on any atom is -0.396 e. The van der Waals surface area contributed by atoms with E-state index in [1.807, 2.05) is 0 Å². The van der Waals surface area contributed by atoms with E-state index in [-0.39, 0.29) is 12.0 Å². The standard InChI is InChI=1S/C15H19NOS/c16-9-15(10-17,12-5-6-12)7-11-8-18-14-4-2-1-3-13(11)14/h1-4,8,12,17H,5-7,9-10,16H2. The molecule has 0 radical (unpaired) electrons. The number of nitrogens with two attached hydrogens (primary N) is 1. The van der Waals surface area contributed by atoms with Crippen molar-refractivity contribution in [2.75, 3.05) is 13.2 Å². The van der Waals surface area contributed by atoms with Crippen LogP contribution in [0.15, 0.2) is 29.6 Å². The zero-order valence-corrected chi connectivity index (χ0v) is 11.2. The molecule has 0 spiro atoms. The van der Waals surface area contributed by atoms with E-state index < -0.39 is 0 Å². The third-order valence-corrected chi connectivity index (χ3v) is 5.28. The lowest BCUT2D eigenvalue weighted by Crippen LogP contribution is -2.38. The molecule has 1 saturated carbocycles. The van der Waals surface area contributed by atoms with Crippen LogP contribution in [0, 0.1) is 11.3 Å². The van der Waals surface area contributed by atoms with Crippen LogP contribution in [0.25, 0.3) is 10.1 Å². The Bertz CT molecular complexity index is 540. The highest BCUT2D eigenvalue weighted by Gasteiger charge is 2.44. The van der Waals surface area contributed by atoms with E-state index in [4.69, 9.17) is 5.73 Å². The molecule has 1 aliphatic carbocycles. The Morgan fingerprint density at radius 3 is 2.78 bits per heavy atom. The lowest BCUT2D eigenvalue weighted by molar-refractivity contribution is 0.109. The van der Waals surface area contributed by atoms with Crippen LogP contribution in [0.1, 0.15) is 18.4 Å². The molecule has 3 rings (SSSR count). The summed E-state index contributed by atoms with van der Waals surface area (Å²) < 4.78 is 1.33. The molecule has 0 bridgehead atoms. The summed E-state index contributed by atoms with van der Waals surface area (Å²) in [4.78, 5) is 0. The molecule has 1 atom stereocenters. The Morgan fingerprint density at radius 2 is 2.11 bits per heavy atom. The second-order valence-corrected chi connectivity index (χ2v) is 6.34. The minimum atomic E-state index is -0.0934. The Hall–Kier alpha value is -0.900. The summed E-state index contributed by atoms with van der Waals surface area (Å²) in [6, 6.07) is 8.49. The molecule has 3 heteroatoms. The highest BCUT2D eigenvalue weighted by Crippen LogP contribution is 2.47. The maximum absolute atomic E-state index is 9.78. The number of aliphatic hydroxyl groups is 1. The molecule has 3 N–H and O–H groups in total. The molecule has 2 aromatic rings. The third kappa shape index (κ3) is 1.96. The van der Waals surface area contributed by atoms with Crippen LogP contribution in [0.4, 0.5) is 0 Å². The van der Waals surface area contributed by atoms with Crippen molar-refractivity contribution in [2.24, 2.45) is 17.1 Å². The van der Waals surface area contributed by atoms with E-state index in [1.165, 1.54) is 28.5 Å². The molecule has 1 fully saturated rings. The molecule has 2 nitrogen and oxygen atoms in total. The van der Waals surface area contributed by atoms with Crippen LogP contribution in [0.3, 0.4) is 0 Å². The van der Waals surface area contributed by atoms with E-state index >= 15 is 0 Å². The molecule has 1 aromatic heterocycles. The summed E-state index contributed by atoms with van der Waals surface area (Å²) >= 11 is 1.79. The van der Waals surface area contributed by atoms with Crippen molar-refractivity contribution in [1.82, 2.24) is 0 Å². The van der Waals surface area contributed by atoms with Crippen molar-refractivity contribution in [3.63, 3.8) is 0 Å². The normalized spacial score (nSPS) is 19.0. The van der Waals surface area contributed by atoms with Crippen LogP contribution in [0.5, 0.6) is 0 Å². The van der Waals surface area contributed by atoms with Gasteiger partial charge in [0, 0.05) is 16.7 Å². The molecule has 1 aliphatic rings. The fourth-order valence-corrected chi connectivity index (χ4v) is 3.84. The average molecular weight is 261 g/mol. The SMILES string of the molecule is NCC(CO)(Cc1csc2ccccc12)C1CC1. The summed E-state index contributed by atoms with van der Waals surface area (Å²) in [7, 11) is 0. The lowest BCUT2D eigenvalue weighted by atomic mass is 9.78. The topological polar surface area (TPSA) is 46.2 Å². The first kappa shape index (κ1) is 12.2. The van der Waals surface area contributed by atoms with Gasteiger partial charge < -0.3 is 10.8 Å². The van der Waals surface area contributed by atoms with Gasteiger partial charge in [-0.1, -0.05) is 18.2 Å². The molecule has 1 heterocycles. The molecule has 1 unspecified atom stereocenters. The van der Waals surface area contributed by atoms with Gasteiger partial charge in [0.2, 0.25) is 0 Å². The van der Waals surface area contributed by atoms with E-state index in [0.717, 1.165) is 6.42 Å². The highest BCUT2D eigenvalue weighted by atomic mass is 32.1. The monoisotopic (exact) mass is 261 g/mol. The van der Waals surface area contributed by atoms with Crippen molar-refractivity contribution in [2.45, 2.75) is 19.3 Å². The second-order valence-electron chi connectivity index (χ2n) is 5.43. The molecule has 1 aromatic carbocycles. The van der Waals surface area contributed by atoms with Crippen molar-refractivity contribution < 1.29 is 5.11 Å². The third-order valence-electron chi connectivity index (χ3n) is 4.27. The Labute approximate surface area is 111 Å². The van der Waals surface area contributed by atoms with Gasteiger partial charge in [0.1, 0.15) is 0 Å². The lowest BCUT2D eigenvalue weighted by Gasteiger charge is -2.30. The van der Waals surface area contributed by atoms with Crippen molar-refractivity contribution in [3.8, 4) is 0 Å². The highest BCUT2D eigenvalue weighted by molar-refractivity contribution is 7.17. The molecule has 0 saturated heterocycles. The van der Waals surface area contributed by atoms with Gasteiger partial charge in [-0.15, -0.1) is 11.3 Å². The van der Waals surface area contributed by atoms with Gasteiger partial charge in [0.05, 0.1) is 6.61 Å². The first-order chi connectivity index (χ1) is 8.79. The van der Waals surface area contributed by atoms with E-state index in [9.17, 15) is 5.11 Å². The summed E-state index contributed by atoms with van der Waals surface area (Å²) in [5.41, 5.74) is 7.22. The number of benzene rings is 1. The summed E-state index contributed by atoms with van der Waals surface area (Å²) in [6.45, 7) is 0.788. The predicted molar refractivity (Wildman–Crippen MR) is 76.8 cm³/mol. The van der Waals surface area contributed by atoms with E-state index in [0.29, 0.717) is 12.5 Å². The molecule has 0 amide bonds. The van der Waals surface area contributed by atoms with Gasteiger partial charge in [-0.25, -0.2) is 0 Å². The predicted octanol–water partition coefficient (Wildman–Crippen LogP) is 2.79. The summed E-state index contributed by atoms with van der Waals surface area (Å²) in [5.74, 6) is 0.617. The Balaban J connectivity index is 1.95. The molecule has 96 valence electrons. The van der Waals surface area contributed by atoms with E-state index in [2.05, 4.69) is 29.6 Å². The number of aliphatic hydroxyl groups excluding tert-OH is 1. The van der Waals surface area contributed by atoms with Crippen LogP contribution >= 0.6 is 11.3 Å². The maximum atomic E-state index is 9.78. The summed E-state index contributed by atoms with van der Waals surface area (Å²) in [6.07, 6.45) is 3.36. The molecular weight excluding hydrogens is 242 g/mol. The first-order valence-electron chi connectivity index (χ1n) is 6.55. The Kier molecular flexibility index (Phi) is 3.14. The average Bonchev–Trinajstić information content (AvgIpc) is 3.20. The van der Waals surface area contributed by atoms with Crippen molar-refractivity contribution >= 4 is 21.4 Å². The number of fused-ring (bicyclic) bond motifs is 1. The van der Waals surface area contributed by atoms with Gasteiger partial charge in [-0.05, 0) is 47.6 Å². The smallest absolute Gasteiger partial charge is 0.0505 e.